The van der Waals surface area contributed by atoms with E-state index in [0.717, 1.165) is 77.0 Å². The Labute approximate surface area is 342 Å². The van der Waals surface area contributed by atoms with Gasteiger partial charge in [-0.25, -0.2) is 0 Å². The summed E-state index contributed by atoms with van der Waals surface area (Å²) in [6, 6.07) is 0. The molecule has 0 spiro atoms. The molecule has 0 amide bonds. The van der Waals surface area contributed by atoms with Crippen molar-refractivity contribution in [3.63, 3.8) is 0 Å². The van der Waals surface area contributed by atoms with E-state index < -0.39 is 12.1 Å². The van der Waals surface area contributed by atoms with Gasteiger partial charge in [0.1, 0.15) is 13.2 Å². The van der Waals surface area contributed by atoms with Gasteiger partial charge in [0.25, 0.3) is 0 Å². The van der Waals surface area contributed by atoms with Gasteiger partial charge in [0.15, 0.2) is 6.10 Å². The number of hydrogen-bond donors (Lipinski definition) is 0. The molecule has 0 aliphatic heterocycles. The lowest BCUT2D eigenvalue weighted by Gasteiger charge is -2.18. The average Bonchev–Trinajstić information content (AvgIpc) is 3.19. The first kappa shape index (κ1) is 52.1. The van der Waals surface area contributed by atoms with Crippen molar-refractivity contribution >= 4 is 17.9 Å². The quantitative estimate of drug-likeness (QED) is 0.0206. The largest absolute Gasteiger partial charge is 0.462 e. The van der Waals surface area contributed by atoms with Crippen molar-refractivity contribution in [2.24, 2.45) is 0 Å². The number of carbonyl (C=O) groups excluding carboxylic acids is 3. The molecule has 1 atom stereocenters. The fraction of sp³-hybridized carbons (Fsp3) is 0.580. The molecule has 0 radical (unpaired) electrons. The summed E-state index contributed by atoms with van der Waals surface area (Å²) in [5.74, 6) is -1.14. The van der Waals surface area contributed by atoms with Gasteiger partial charge in [0.05, 0.1) is 6.42 Å². The third kappa shape index (κ3) is 41.2. The second-order valence-corrected chi connectivity index (χ2v) is 14.0. The van der Waals surface area contributed by atoms with E-state index in [9.17, 15) is 14.4 Å². The number of allylic oxidation sites excluding steroid dienone is 17. The molecule has 0 heterocycles. The van der Waals surface area contributed by atoms with Crippen LogP contribution in [0.15, 0.2) is 109 Å². The molecular formula is C50H78O6. The zero-order chi connectivity index (χ0) is 40.8. The summed E-state index contributed by atoms with van der Waals surface area (Å²) in [5, 5.41) is 0. The van der Waals surface area contributed by atoms with Gasteiger partial charge in [-0.05, 0) is 77.0 Å². The Bertz CT molecular complexity index is 1210. The third-order valence-electron chi connectivity index (χ3n) is 8.65. The Morgan fingerprint density at radius 3 is 1.41 bits per heavy atom. The summed E-state index contributed by atoms with van der Waals surface area (Å²) in [6.07, 6.45) is 58.2. The highest BCUT2D eigenvalue weighted by Crippen LogP contribution is 2.11. The number of ether oxygens (including phenoxy) is 3. The van der Waals surface area contributed by atoms with E-state index in [4.69, 9.17) is 14.2 Å². The minimum Gasteiger partial charge on any atom is -0.462 e. The SMILES string of the molecule is CC\C=C/C=C\C=C/C=C\CCCCCC(=O)OC(COC(=O)C/C=C\C/C=C\C/C=C\CC)COC(=O)CCCCC/C=C\C=C/CCCCCCCCC. The summed E-state index contributed by atoms with van der Waals surface area (Å²) in [7, 11) is 0. The normalized spacial score (nSPS) is 13.1. The highest BCUT2D eigenvalue weighted by atomic mass is 16.6. The van der Waals surface area contributed by atoms with Crippen molar-refractivity contribution in [1.82, 2.24) is 0 Å². The van der Waals surface area contributed by atoms with Gasteiger partial charge in [0.2, 0.25) is 0 Å². The molecule has 0 saturated carbocycles. The fourth-order valence-electron chi connectivity index (χ4n) is 5.38. The Hall–Kier alpha value is -3.93. The van der Waals surface area contributed by atoms with Crippen LogP contribution >= 0.6 is 0 Å². The zero-order valence-electron chi connectivity index (χ0n) is 35.6. The maximum Gasteiger partial charge on any atom is 0.309 e. The summed E-state index contributed by atoms with van der Waals surface area (Å²) >= 11 is 0. The first-order chi connectivity index (χ1) is 27.5. The van der Waals surface area contributed by atoms with Crippen molar-refractivity contribution in [1.29, 1.82) is 0 Å². The van der Waals surface area contributed by atoms with Crippen LogP contribution in [0, 0.1) is 0 Å². The van der Waals surface area contributed by atoms with E-state index in [1.807, 2.05) is 42.5 Å². The summed E-state index contributed by atoms with van der Waals surface area (Å²) < 4.78 is 16.5. The van der Waals surface area contributed by atoms with Crippen LogP contribution in [0.1, 0.15) is 168 Å². The van der Waals surface area contributed by atoms with Crippen molar-refractivity contribution in [3.8, 4) is 0 Å². The highest BCUT2D eigenvalue weighted by Gasteiger charge is 2.19. The van der Waals surface area contributed by atoms with Gasteiger partial charge >= 0.3 is 17.9 Å². The van der Waals surface area contributed by atoms with Gasteiger partial charge in [0, 0.05) is 12.8 Å². The Morgan fingerprint density at radius 1 is 0.411 bits per heavy atom. The molecule has 56 heavy (non-hydrogen) atoms. The number of rotatable bonds is 37. The number of hydrogen-bond acceptors (Lipinski definition) is 6. The molecule has 314 valence electrons. The van der Waals surface area contributed by atoms with E-state index in [0.29, 0.717) is 12.8 Å². The lowest BCUT2D eigenvalue weighted by molar-refractivity contribution is -0.166. The molecule has 0 fully saturated rings. The summed E-state index contributed by atoms with van der Waals surface area (Å²) in [4.78, 5) is 37.6. The second-order valence-electron chi connectivity index (χ2n) is 14.0. The molecule has 0 aromatic rings. The van der Waals surface area contributed by atoms with Gasteiger partial charge in [-0.1, -0.05) is 182 Å². The van der Waals surface area contributed by atoms with E-state index >= 15 is 0 Å². The van der Waals surface area contributed by atoms with Gasteiger partial charge in [-0.3, -0.25) is 14.4 Å². The summed E-state index contributed by atoms with van der Waals surface area (Å²) in [6.45, 7) is 6.18. The van der Waals surface area contributed by atoms with E-state index in [1.165, 1.54) is 44.9 Å². The molecule has 0 aliphatic carbocycles. The fourth-order valence-corrected chi connectivity index (χ4v) is 5.38. The van der Waals surface area contributed by atoms with Gasteiger partial charge < -0.3 is 14.2 Å². The zero-order valence-corrected chi connectivity index (χ0v) is 35.6. The van der Waals surface area contributed by atoms with Crippen LogP contribution in [0.4, 0.5) is 0 Å². The maximum absolute atomic E-state index is 12.7. The van der Waals surface area contributed by atoms with E-state index in [1.54, 1.807) is 6.08 Å². The summed E-state index contributed by atoms with van der Waals surface area (Å²) in [5.41, 5.74) is 0. The number of unbranched alkanes of at least 4 members (excludes halogenated alkanes) is 13. The second kappa shape index (κ2) is 43.8. The van der Waals surface area contributed by atoms with Crippen molar-refractivity contribution in [3.05, 3.63) is 109 Å². The van der Waals surface area contributed by atoms with Crippen LogP contribution in [0.3, 0.4) is 0 Å². The maximum atomic E-state index is 12.7. The number of esters is 3. The van der Waals surface area contributed by atoms with Crippen LogP contribution in [0.5, 0.6) is 0 Å². The smallest absolute Gasteiger partial charge is 0.309 e. The first-order valence-corrected chi connectivity index (χ1v) is 22.0. The Kier molecular flexibility index (Phi) is 40.7. The molecule has 0 saturated heterocycles. The van der Waals surface area contributed by atoms with Gasteiger partial charge in [-0.2, -0.15) is 0 Å². The van der Waals surface area contributed by atoms with Crippen LogP contribution in [-0.2, 0) is 28.6 Å². The molecule has 0 aliphatic rings. The molecular weight excluding hydrogens is 697 g/mol. The molecule has 6 heteroatoms. The Balaban J connectivity index is 4.56. The highest BCUT2D eigenvalue weighted by molar-refractivity contribution is 5.72. The lowest BCUT2D eigenvalue weighted by Crippen LogP contribution is -2.30. The molecule has 1 unspecified atom stereocenters. The van der Waals surface area contributed by atoms with Gasteiger partial charge in [-0.15, -0.1) is 0 Å². The predicted molar refractivity (Wildman–Crippen MR) is 237 cm³/mol. The van der Waals surface area contributed by atoms with E-state index in [2.05, 4.69) is 81.5 Å². The van der Waals surface area contributed by atoms with Crippen molar-refractivity contribution in [2.75, 3.05) is 13.2 Å². The van der Waals surface area contributed by atoms with E-state index in [-0.39, 0.29) is 38.0 Å². The van der Waals surface area contributed by atoms with Crippen LogP contribution < -0.4 is 0 Å². The topological polar surface area (TPSA) is 78.9 Å². The Morgan fingerprint density at radius 2 is 0.839 bits per heavy atom. The van der Waals surface area contributed by atoms with Crippen molar-refractivity contribution in [2.45, 2.75) is 175 Å². The molecule has 0 N–H and O–H groups in total. The van der Waals surface area contributed by atoms with Crippen LogP contribution in [-0.4, -0.2) is 37.2 Å². The van der Waals surface area contributed by atoms with Crippen LogP contribution in [0.2, 0.25) is 0 Å². The third-order valence-corrected chi connectivity index (χ3v) is 8.65. The number of carbonyl (C=O) groups is 3. The minimum atomic E-state index is -0.844. The molecule has 0 rings (SSSR count). The van der Waals surface area contributed by atoms with Crippen LogP contribution in [0.25, 0.3) is 0 Å². The molecule has 0 aromatic carbocycles. The molecule has 6 nitrogen and oxygen atoms in total. The average molecular weight is 775 g/mol. The lowest BCUT2D eigenvalue weighted by atomic mass is 10.1. The molecule has 0 bridgehead atoms. The molecule has 0 aromatic heterocycles. The predicted octanol–water partition coefficient (Wildman–Crippen LogP) is 14.0. The van der Waals surface area contributed by atoms with Crippen molar-refractivity contribution < 1.29 is 28.6 Å². The minimum absolute atomic E-state index is 0.117. The standard InChI is InChI=1S/C50H78O6/c1-4-7-10-13-16-19-21-23-24-25-27-28-31-34-37-40-43-49(52)55-46-47(45-54-48(51)42-39-36-33-30-18-15-12-9-6-3)56-50(53)44-41-38-35-32-29-26-22-20-17-14-11-8-5-2/h8-9,11-12,14,17-18,20,22,24-30,36,39,47H,4-7,10,13,15-16,19,21,23,31-35,37-38,40-46H2,1-3H3/b11-8-,12-9-,17-14-,22-20-,25-24-,28-27-,29-26-,30-18-,39-36-. The monoisotopic (exact) mass is 775 g/mol. The first-order valence-electron chi connectivity index (χ1n) is 22.0.